The third-order valence-corrected chi connectivity index (χ3v) is 3.90. The lowest BCUT2D eigenvalue weighted by Gasteiger charge is -2.25. The predicted octanol–water partition coefficient (Wildman–Crippen LogP) is 3.16. The summed E-state index contributed by atoms with van der Waals surface area (Å²) in [6, 6.07) is 16.4. The fraction of sp³-hybridized carbons (Fsp3) is 0.300. The molecule has 0 saturated carbocycles. The zero-order valence-corrected chi connectivity index (χ0v) is 15.4. The van der Waals surface area contributed by atoms with Crippen molar-refractivity contribution >= 4 is 11.7 Å². The van der Waals surface area contributed by atoms with Crippen LogP contribution < -0.4 is 10.1 Å². The van der Waals surface area contributed by atoms with Gasteiger partial charge in [-0.1, -0.05) is 12.1 Å². The Bertz CT molecular complexity index is 749. The number of benzene rings is 2. The van der Waals surface area contributed by atoms with E-state index in [2.05, 4.69) is 11.4 Å². The van der Waals surface area contributed by atoms with Crippen LogP contribution in [0, 0.1) is 11.3 Å². The van der Waals surface area contributed by atoms with E-state index >= 15 is 0 Å². The number of carbonyl (C=O) groups is 1. The molecule has 6 nitrogen and oxygen atoms in total. The van der Waals surface area contributed by atoms with Crippen LogP contribution in [-0.2, 0) is 6.54 Å². The van der Waals surface area contributed by atoms with E-state index in [1.807, 2.05) is 43.3 Å². The molecule has 0 saturated heterocycles. The highest BCUT2D eigenvalue weighted by Crippen LogP contribution is 2.16. The standard InChI is InChI=1S/C20H24N4O2/c1-23(2)12-13-24(15-17-6-4-16(14-21)5-7-17)20(25)22-18-8-10-19(26-3)11-9-18/h4-11H,12-13,15H2,1-3H3,(H,22,25). The summed E-state index contributed by atoms with van der Waals surface area (Å²) >= 11 is 0. The number of nitrogens with zero attached hydrogens (tertiary/aromatic N) is 3. The first kappa shape index (κ1) is 19.3. The SMILES string of the molecule is COc1ccc(NC(=O)N(CCN(C)C)Cc2ccc(C#N)cc2)cc1. The molecule has 0 spiro atoms. The summed E-state index contributed by atoms with van der Waals surface area (Å²) in [7, 11) is 5.55. The smallest absolute Gasteiger partial charge is 0.322 e. The van der Waals surface area contributed by atoms with Gasteiger partial charge < -0.3 is 19.9 Å². The van der Waals surface area contributed by atoms with E-state index in [9.17, 15) is 4.79 Å². The number of urea groups is 1. The first-order valence-electron chi connectivity index (χ1n) is 8.35. The van der Waals surface area contributed by atoms with Crippen molar-refractivity contribution in [3.8, 4) is 11.8 Å². The molecule has 6 heteroatoms. The minimum Gasteiger partial charge on any atom is -0.497 e. The third-order valence-electron chi connectivity index (χ3n) is 3.90. The maximum atomic E-state index is 12.7. The average molecular weight is 352 g/mol. The lowest BCUT2D eigenvalue weighted by atomic mass is 10.1. The van der Waals surface area contributed by atoms with Gasteiger partial charge in [0.15, 0.2) is 0 Å². The Kier molecular flexibility index (Phi) is 7.01. The highest BCUT2D eigenvalue weighted by molar-refractivity contribution is 5.89. The van der Waals surface area contributed by atoms with Gasteiger partial charge in [-0.25, -0.2) is 4.79 Å². The van der Waals surface area contributed by atoms with Crippen molar-refractivity contribution < 1.29 is 9.53 Å². The van der Waals surface area contributed by atoms with Gasteiger partial charge in [0.25, 0.3) is 0 Å². The highest BCUT2D eigenvalue weighted by atomic mass is 16.5. The molecule has 2 rings (SSSR count). The number of nitrogens with one attached hydrogen (secondary N) is 1. The first-order valence-corrected chi connectivity index (χ1v) is 8.35. The van der Waals surface area contributed by atoms with Gasteiger partial charge in [-0.2, -0.15) is 5.26 Å². The van der Waals surface area contributed by atoms with Crippen molar-refractivity contribution in [3.63, 3.8) is 0 Å². The van der Waals surface area contributed by atoms with Gasteiger partial charge in [0.1, 0.15) is 5.75 Å². The molecule has 2 aromatic carbocycles. The number of nitriles is 1. The third kappa shape index (κ3) is 5.80. The number of hydrogen-bond acceptors (Lipinski definition) is 4. The second-order valence-electron chi connectivity index (χ2n) is 6.19. The Morgan fingerprint density at radius 1 is 1.08 bits per heavy atom. The Morgan fingerprint density at radius 3 is 2.27 bits per heavy atom. The molecule has 2 amide bonds. The van der Waals surface area contributed by atoms with Gasteiger partial charge in [0.05, 0.1) is 18.7 Å². The number of anilines is 1. The second kappa shape index (κ2) is 9.44. The monoisotopic (exact) mass is 352 g/mol. The summed E-state index contributed by atoms with van der Waals surface area (Å²) in [6.45, 7) is 1.82. The molecule has 26 heavy (non-hydrogen) atoms. The number of likely N-dealkylation sites (N-methyl/N-ethyl adjacent to an activating group) is 1. The van der Waals surface area contributed by atoms with Gasteiger partial charge in [-0.3, -0.25) is 0 Å². The largest absolute Gasteiger partial charge is 0.497 e. The van der Waals surface area contributed by atoms with E-state index in [0.717, 1.165) is 17.9 Å². The van der Waals surface area contributed by atoms with Crippen LogP contribution >= 0.6 is 0 Å². The van der Waals surface area contributed by atoms with Gasteiger partial charge >= 0.3 is 6.03 Å². The van der Waals surface area contributed by atoms with Crippen molar-refractivity contribution in [2.45, 2.75) is 6.54 Å². The van der Waals surface area contributed by atoms with Gasteiger partial charge in [0.2, 0.25) is 0 Å². The van der Waals surface area contributed by atoms with Crippen LogP contribution in [0.1, 0.15) is 11.1 Å². The van der Waals surface area contributed by atoms with Crippen LogP contribution in [0.15, 0.2) is 48.5 Å². The molecular weight excluding hydrogens is 328 g/mol. The Balaban J connectivity index is 2.08. The highest BCUT2D eigenvalue weighted by Gasteiger charge is 2.14. The van der Waals surface area contributed by atoms with Crippen LogP contribution in [0.4, 0.5) is 10.5 Å². The lowest BCUT2D eigenvalue weighted by molar-refractivity contribution is 0.202. The molecule has 0 aliphatic heterocycles. The van der Waals surface area contributed by atoms with Gasteiger partial charge in [-0.05, 0) is 56.1 Å². The molecule has 0 radical (unpaired) electrons. The van der Waals surface area contributed by atoms with Gasteiger partial charge in [0, 0.05) is 25.3 Å². The molecule has 1 N–H and O–H groups in total. The van der Waals surface area contributed by atoms with E-state index < -0.39 is 0 Å². The fourth-order valence-electron chi connectivity index (χ4n) is 2.36. The van der Waals surface area contributed by atoms with Crippen LogP contribution in [0.5, 0.6) is 5.75 Å². The molecule has 0 aliphatic rings. The molecule has 0 bridgehead atoms. The maximum absolute atomic E-state index is 12.7. The first-order chi connectivity index (χ1) is 12.5. The lowest BCUT2D eigenvalue weighted by Crippen LogP contribution is -2.39. The Morgan fingerprint density at radius 2 is 1.73 bits per heavy atom. The normalized spacial score (nSPS) is 10.3. The van der Waals surface area contributed by atoms with Crippen LogP contribution in [0.25, 0.3) is 0 Å². The van der Waals surface area contributed by atoms with E-state index in [1.54, 1.807) is 36.3 Å². The molecule has 0 aliphatic carbocycles. The van der Waals surface area contributed by atoms with E-state index in [1.165, 1.54) is 0 Å². The van der Waals surface area contributed by atoms with Crippen molar-refractivity contribution in [2.24, 2.45) is 0 Å². The molecule has 0 fully saturated rings. The number of ether oxygens (including phenoxy) is 1. The topological polar surface area (TPSA) is 68.6 Å². The Labute approximate surface area is 154 Å². The number of methoxy groups -OCH3 is 1. The number of hydrogen-bond donors (Lipinski definition) is 1. The number of amides is 2. The van der Waals surface area contributed by atoms with Crippen molar-refractivity contribution in [2.75, 3.05) is 39.6 Å². The van der Waals surface area contributed by atoms with E-state index in [4.69, 9.17) is 10.00 Å². The maximum Gasteiger partial charge on any atom is 0.322 e. The zero-order valence-electron chi connectivity index (χ0n) is 15.4. The summed E-state index contributed by atoms with van der Waals surface area (Å²) in [5, 5.41) is 11.8. The van der Waals surface area contributed by atoms with Gasteiger partial charge in [-0.15, -0.1) is 0 Å². The number of rotatable bonds is 7. The average Bonchev–Trinajstić information content (AvgIpc) is 2.66. The molecule has 136 valence electrons. The quantitative estimate of drug-likeness (QED) is 0.831. The van der Waals surface area contributed by atoms with E-state index in [-0.39, 0.29) is 6.03 Å². The summed E-state index contributed by atoms with van der Waals surface area (Å²) in [5.41, 5.74) is 2.30. The summed E-state index contributed by atoms with van der Waals surface area (Å²) < 4.78 is 5.13. The van der Waals surface area contributed by atoms with Crippen LogP contribution in [0.2, 0.25) is 0 Å². The molecule has 0 unspecified atom stereocenters. The number of carbonyl (C=O) groups excluding carboxylic acids is 1. The summed E-state index contributed by atoms with van der Waals surface area (Å²) in [5.74, 6) is 0.741. The zero-order chi connectivity index (χ0) is 18.9. The molecule has 0 heterocycles. The molecule has 2 aromatic rings. The second-order valence-corrected chi connectivity index (χ2v) is 6.19. The van der Waals surface area contributed by atoms with Crippen LogP contribution in [-0.4, -0.2) is 50.1 Å². The molecular formula is C20H24N4O2. The summed E-state index contributed by atoms with van der Waals surface area (Å²) in [6.07, 6.45) is 0. The summed E-state index contributed by atoms with van der Waals surface area (Å²) in [4.78, 5) is 16.5. The van der Waals surface area contributed by atoms with E-state index in [0.29, 0.717) is 24.3 Å². The predicted molar refractivity (Wildman–Crippen MR) is 102 cm³/mol. The van der Waals surface area contributed by atoms with Crippen molar-refractivity contribution in [1.82, 2.24) is 9.80 Å². The minimum absolute atomic E-state index is 0.165. The van der Waals surface area contributed by atoms with Crippen LogP contribution in [0.3, 0.4) is 0 Å². The molecule has 0 aromatic heterocycles. The van der Waals surface area contributed by atoms with Crippen molar-refractivity contribution in [3.05, 3.63) is 59.7 Å². The molecule has 0 atom stereocenters. The Hall–Kier alpha value is -3.04. The van der Waals surface area contributed by atoms with Crippen molar-refractivity contribution in [1.29, 1.82) is 5.26 Å². The fourth-order valence-corrected chi connectivity index (χ4v) is 2.36. The minimum atomic E-state index is -0.165.